The molecule has 5 nitrogen and oxygen atoms in total. The Balaban J connectivity index is 2.06. The van der Waals surface area contributed by atoms with E-state index < -0.39 is 5.82 Å². The van der Waals surface area contributed by atoms with Gasteiger partial charge in [0.2, 0.25) is 0 Å². The number of aromatic amines is 1. The number of nitrogens with two attached hydrogens (primary N) is 1. The van der Waals surface area contributed by atoms with Crippen molar-refractivity contribution in [3.63, 3.8) is 0 Å². The van der Waals surface area contributed by atoms with E-state index in [1.165, 1.54) is 36.5 Å². The first kappa shape index (κ1) is 12.2. The maximum absolute atomic E-state index is 13.2. The molecule has 0 fully saturated rings. The van der Waals surface area contributed by atoms with Gasteiger partial charge in [0.1, 0.15) is 22.7 Å². The van der Waals surface area contributed by atoms with E-state index in [2.05, 4.69) is 19.9 Å². The summed E-state index contributed by atoms with van der Waals surface area (Å²) in [7, 11) is 0. The first-order valence-electron chi connectivity index (χ1n) is 5.21. The van der Waals surface area contributed by atoms with Crippen LogP contribution in [0, 0.1) is 5.82 Å². The Morgan fingerprint density at radius 3 is 2.95 bits per heavy atom. The Hall–Kier alpha value is -1.86. The monoisotopic (exact) mass is 295 g/mol. The van der Waals surface area contributed by atoms with Gasteiger partial charge in [-0.2, -0.15) is 0 Å². The Labute approximate surface area is 116 Å². The van der Waals surface area contributed by atoms with Gasteiger partial charge in [-0.3, -0.25) is 0 Å². The quantitative estimate of drug-likeness (QED) is 0.561. The van der Waals surface area contributed by atoms with Crippen LogP contribution in [0.25, 0.3) is 11.2 Å². The average molecular weight is 296 g/mol. The van der Waals surface area contributed by atoms with Crippen LogP contribution in [-0.2, 0) is 0 Å². The summed E-state index contributed by atoms with van der Waals surface area (Å²) in [6, 6.07) is 2.66. The molecule has 0 saturated heterocycles. The van der Waals surface area contributed by atoms with Crippen LogP contribution >= 0.6 is 23.4 Å². The number of benzene rings is 1. The molecule has 3 N–H and O–H groups in total. The fraction of sp³-hybridized carbons (Fsp3) is 0. The van der Waals surface area contributed by atoms with Crippen molar-refractivity contribution < 1.29 is 4.39 Å². The lowest BCUT2D eigenvalue weighted by Gasteiger charge is -2.06. The molecule has 19 heavy (non-hydrogen) atoms. The highest BCUT2D eigenvalue weighted by Crippen LogP contribution is 2.36. The number of nitrogens with zero attached hydrogens (tertiary/aromatic N) is 3. The third kappa shape index (κ3) is 2.22. The molecule has 8 heteroatoms. The molecule has 2 aromatic heterocycles. The molecule has 0 bridgehead atoms. The molecule has 3 rings (SSSR count). The van der Waals surface area contributed by atoms with Crippen LogP contribution in [0.1, 0.15) is 0 Å². The zero-order chi connectivity index (χ0) is 13.4. The highest BCUT2D eigenvalue weighted by Gasteiger charge is 2.12. The van der Waals surface area contributed by atoms with Gasteiger partial charge in [0.05, 0.1) is 11.3 Å². The van der Waals surface area contributed by atoms with E-state index in [0.717, 1.165) is 0 Å². The molecule has 0 radical (unpaired) electrons. The van der Waals surface area contributed by atoms with Gasteiger partial charge in [0, 0.05) is 10.6 Å². The number of hydrogen-bond donors (Lipinski definition) is 2. The van der Waals surface area contributed by atoms with Crippen molar-refractivity contribution in [1.29, 1.82) is 0 Å². The summed E-state index contributed by atoms with van der Waals surface area (Å²) in [6.45, 7) is 0. The molecule has 0 aliphatic heterocycles. The molecule has 0 unspecified atom stereocenters. The summed E-state index contributed by atoms with van der Waals surface area (Å²) in [4.78, 5) is 15.8. The Morgan fingerprint density at radius 2 is 2.11 bits per heavy atom. The first-order valence-corrected chi connectivity index (χ1v) is 6.41. The van der Waals surface area contributed by atoms with Crippen molar-refractivity contribution in [2.75, 3.05) is 5.73 Å². The zero-order valence-electron chi connectivity index (χ0n) is 9.39. The van der Waals surface area contributed by atoms with Gasteiger partial charge in [0.25, 0.3) is 0 Å². The molecular formula is C11H7ClFN5S. The molecule has 96 valence electrons. The van der Waals surface area contributed by atoms with Gasteiger partial charge in [-0.25, -0.2) is 19.3 Å². The van der Waals surface area contributed by atoms with E-state index >= 15 is 0 Å². The second-order valence-corrected chi connectivity index (χ2v) is 5.12. The van der Waals surface area contributed by atoms with Crippen molar-refractivity contribution in [3.05, 3.63) is 35.6 Å². The molecule has 0 amide bonds. The SMILES string of the molecule is Nc1cc(F)c(Cl)cc1Sc1ncnc2nc[nH]c12. The molecule has 3 aromatic rings. The van der Waals surface area contributed by atoms with Crippen molar-refractivity contribution in [2.45, 2.75) is 9.92 Å². The Kier molecular flexibility index (Phi) is 3.00. The van der Waals surface area contributed by atoms with Gasteiger partial charge < -0.3 is 10.7 Å². The summed E-state index contributed by atoms with van der Waals surface area (Å²) in [6.07, 6.45) is 2.94. The number of aromatic nitrogens is 4. The predicted octanol–water partition coefficient (Wildman–Crippen LogP) is 2.88. The lowest BCUT2D eigenvalue weighted by Crippen LogP contribution is -1.92. The minimum atomic E-state index is -0.544. The number of anilines is 1. The van der Waals surface area contributed by atoms with E-state index in [-0.39, 0.29) is 5.02 Å². The molecule has 0 aliphatic carbocycles. The second-order valence-electron chi connectivity index (χ2n) is 3.69. The number of hydrogen-bond acceptors (Lipinski definition) is 5. The summed E-state index contributed by atoms with van der Waals surface area (Å²) in [5.74, 6) is -0.544. The van der Waals surface area contributed by atoms with Crippen molar-refractivity contribution >= 4 is 40.2 Å². The van der Waals surface area contributed by atoms with Gasteiger partial charge in [0.15, 0.2) is 5.65 Å². The molecule has 0 spiro atoms. The summed E-state index contributed by atoms with van der Waals surface area (Å²) < 4.78 is 13.2. The lowest BCUT2D eigenvalue weighted by molar-refractivity contribution is 0.628. The normalized spacial score (nSPS) is 11.1. The largest absolute Gasteiger partial charge is 0.398 e. The molecule has 2 heterocycles. The van der Waals surface area contributed by atoms with Gasteiger partial charge in [-0.1, -0.05) is 23.4 Å². The second kappa shape index (κ2) is 4.67. The van der Waals surface area contributed by atoms with Crippen LogP contribution < -0.4 is 5.73 Å². The Morgan fingerprint density at radius 1 is 1.26 bits per heavy atom. The number of H-pyrrole nitrogens is 1. The predicted molar refractivity (Wildman–Crippen MR) is 71.6 cm³/mol. The molecular weight excluding hydrogens is 289 g/mol. The van der Waals surface area contributed by atoms with E-state index in [4.69, 9.17) is 17.3 Å². The van der Waals surface area contributed by atoms with Crippen LogP contribution in [0.2, 0.25) is 5.02 Å². The number of halogens is 2. The summed E-state index contributed by atoms with van der Waals surface area (Å²) >= 11 is 7.03. The minimum Gasteiger partial charge on any atom is -0.398 e. The molecule has 0 aliphatic rings. The zero-order valence-corrected chi connectivity index (χ0v) is 11.0. The third-order valence-electron chi connectivity index (χ3n) is 2.45. The van der Waals surface area contributed by atoms with Crippen LogP contribution in [0.5, 0.6) is 0 Å². The first-order chi connectivity index (χ1) is 9.15. The van der Waals surface area contributed by atoms with Crippen LogP contribution in [-0.4, -0.2) is 19.9 Å². The fourth-order valence-corrected chi connectivity index (χ4v) is 2.70. The topological polar surface area (TPSA) is 80.5 Å². The fourth-order valence-electron chi connectivity index (χ4n) is 1.56. The summed E-state index contributed by atoms with van der Waals surface area (Å²) in [5.41, 5.74) is 7.33. The van der Waals surface area contributed by atoms with Crippen molar-refractivity contribution in [1.82, 2.24) is 19.9 Å². The number of rotatable bonds is 2. The van der Waals surface area contributed by atoms with Crippen molar-refractivity contribution in [3.8, 4) is 0 Å². The molecule has 1 aromatic carbocycles. The van der Waals surface area contributed by atoms with E-state index in [1.54, 1.807) is 0 Å². The lowest BCUT2D eigenvalue weighted by atomic mass is 10.3. The van der Waals surface area contributed by atoms with Crippen molar-refractivity contribution in [2.24, 2.45) is 0 Å². The van der Waals surface area contributed by atoms with Gasteiger partial charge >= 0.3 is 0 Å². The van der Waals surface area contributed by atoms with E-state index in [1.807, 2.05) is 0 Å². The van der Waals surface area contributed by atoms with Crippen LogP contribution in [0.4, 0.5) is 10.1 Å². The number of fused-ring (bicyclic) bond motifs is 1. The third-order valence-corrected chi connectivity index (χ3v) is 3.81. The number of nitrogen functional groups attached to an aromatic ring is 1. The molecule has 0 atom stereocenters. The van der Waals surface area contributed by atoms with Crippen LogP contribution in [0.15, 0.2) is 34.7 Å². The smallest absolute Gasteiger partial charge is 0.181 e. The minimum absolute atomic E-state index is 0.0200. The average Bonchev–Trinajstić information content (AvgIpc) is 2.85. The Bertz CT molecular complexity index is 760. The highest BCUT2D eigenvalue weighted by molar-refractivity contribution is 7.99. The summed E-state index contributed by atoms with van der Waals surface area (Å²) in [5, 5.41) is 0.670. The van der Waals surface area contributed by atoms with E-state index in [9.17, 15) is 4.39 Å². The highest BCUT2D eigenvalue weighted by atomic mass is 35.5. The standard InChI is InChI=1S/C11H7ClFN5S/c12-5-1-8(7(14)2-6(5)13)19-11-9-10(16-3-15-9)17-4-18-11/h1-4H,14H2,(H,15,16,17,18). The number of imidazole rings is 1. The van der Waals surface area contributed by atoms with Crippen LogP contribution in [0.3, 0.4) is 0 Å². The van der Waals surface area contributed by atoms with Gasteiger partial charge in [-0.05, 0) is 12.1 Å². The van der Waals surface area contributed by atoms with Gasteiger partial charge in [-0.15, -0.1) is 0 Å². The maximum Gasteiger partial charge on any atom is 0.181 e. The number of nitrogens with one attached hydrogen (secondary N) is 1. The van der Waals surface area contributed by atoms with E-state index in [0.29, 0.717) is 26.8 Å². The molecule has 0 saturated carbocycles. The maximum atomic E-state index is 13.2.